The molecule has 0 fully saturated rings. The lowest BCUT2D eigenvalue weighted by Crippen LogP contribution is -2.05. The molecule has 1 N–H and O–H groups in total. The molecule has 94 valence electrons. The van der Waals surface area contributed by atoms with Crippen molar-refractivity contribution in [2.45, 2.75) is 45.8 Å². The summed E-state index contributed by atoms with van der Waals surface area (Å²) in [5.74, 6) is 0. The number of hydrogen-bond donors (Lipinski definition) is 1. The number of nitrogens with zero attached hydrogens (tertiary/aromatic N) is 1. The second-order valence-corrected chi connectivity index (χ2v) is 4.15. The molecular weight excluding hydrogens is 216 g/mol. The molecule has 0 amide bonds. The number of rotatable bonds is 8. The first-order chi connectivity index (χ1) is 8.17. The van der Waals surface area contributed by atoms with Crippen LogP contribution in [0.1, 0.15) is 44.9 Å². The lowest BCUT2D eigenvalue weighted by molar-refractivity contribution is -0.136. The van der Waals surface area contributed by atoms with E-state index in [0.717, 1.165) is 31.4 Å². The largest absolute Gasteiger partial charge is 0.444 e. The maximum absolute atomic E-state index is 10.2. The average molecular weight is 236 g/mol. The van der Waals surface area contributed by atoms with Crippen molar-refractivity contribution in [3.63, 3.8) is 0 Å². The van der Waals surface area contributed by atoms with Gasteiger partial charge >= 0.3 is 0 Å². The van der Waals surface area contributed by atoms with E-state index >= 15 is 0 Å². The van der Waals surface area contributed by atoms with Gasteiger partial charge in [0.25, 0.3) is 6.47 Å². The van der Waals surface area contributed by atoms with Gasteiger partial charge in [-0.05, 0) is 37.8 Å². The molecule has 1 unspecified atom stereocenters. The predicted molar refractivity (Wildman–Crippen MR) is 67.2 cm³/mol. The van der Waals surface area contributed by atoms with Gasteiger partial charge in [0, 0.05) is 18.1 Å². The summed E-state index contributed by atoms with van der Waals surface area (Å²) in [6.07, 6.45) is 7.19. The molecule has 0 aliphatic carbocycles. The Labute approximate surface area is 102 Å². The topological polar surface area (TPSA) is 55.1 Å². The molecule has 0 aliphatic heterocycles. The number of ether oxygens (including phenoxy) is 1. The van der Waals surface area contributed by atoms with Crippen molar-refractivity contribution in [1.82, 2.24) is 4.57 Å². The molecule has 0 saturated carbocycles. The van der Waals surface area contributed by atoms with Crippen molar-refractivity contribution in [3.8, 4) is 0 Å². The van der Waals surface area contributed by atoms with E-state index in [4.69, 9.17) is 10.1 Å². The van der Waals surface area contributed by atoms with Gasteiger partial charge in [-0.2, -0.15) is 0 Å². The Hall–Kier alpha value is -1.58. The molecule has 0 spiro atoms. The van der Waals surface area contributed by atoms with Gasteiger partial charge in [-0.25, -0.2) is 0 Å². The van der Waals surface area contributed by atoms with Crippen LogP contribution in [-0.4, -0.2) is 16.8 Å². The fourth-order valence-corrected chi connectivity index (χ4v) is 1.71. The van der Waals surface area contributed by atoms with Gasteiger partial charge in [0.05, 0.1) is 0 Å². The first kappa shape index (κ1) is 13.5. The Morgan fingerprint density at radius 2 is 2.35 bits per heavy atom. The molecule has 1 heterocycles. The zero-order chi connectivity index (χ0) is 12.7. The van der Waals surface area contributed by atoms with E-state index in [2.05, 4.69) is 6.92 Å². The number of carbonyl (C=O) groups excluding carboxylic acids is 1. The Kier molecular flexibility index (Phi) is 5.46. The molecule has 17 heavy (non-hydrogen) atoms. The average Bonchev–Trinajstić information content (AvgIpc) is 2.76. The normalized spacial score (nSPS) is 12.1. The fraction of sp³-hybridized carbons (Fsp3) is 0.538. The third kappa shape index (κ3) is 4.43. The molecule has 1 aromatic rings. The fourth-order valence-electron chi connectivity index (χ4n) is 1.71. The van der Waals surface area contributed by atoms with Crippen LogP contribution in [0.15, 0.2) is 18.5 Å². The van der Waals surface area contributed by atoms with Crippen LogP contribution < -0.4 is 0 Å². The van der Waals surface area contributed by atoms with Gasteiger partial charge in [-0.15, -0.1) is 0 Å². The summed E-state index contributed by atoms with van der Waals surface area (Å²) in [6.45, 7) is 4.36. The van der Waals surface area contributed by atoms with E-state index in [1.54, 1.807) is 0 Å². The van der Waals surface area contributed by atoms with Crippen LogP contribution in [0.5, 0.6) is 0 Å². The number of hydrogen-bond acceptors (Lipinski definition) is 3. The van der Waals surface area contributed by atoms with Crippen LogP contribution in [0.2, 0.25) is 0 Å². The third-order valence-corrected chi connectivity index (χ3v) is 2.72. The molecule has 0 saturated heterocycles. The monoisotopic (exact) mass is 236 g/mol. The Morgan fingerprint density at radius 1 is 1.59 bits per heavy atom. The number of aromatic nitrogens is 1. The molecule has 0 bridgehead atoms. The predicted octanol–water partition coefficient (Wildman–Crippen LogP) is 2.93. The summed E-state index contributed by atoms with van der Waals surface area (Å²) in [6, 6.07) is 2.00. The first-order valence-electron chi connectivity index (χ1n) is 5.99. The second-order valence-electron chi connectivity index (χ2n) is 4.15. The van der Waals surface area contributed by atoms with Gasteiger partial charge in [-0.3, -0.25) is 4.79 Å². The van der Waals surface area contributed by atoms with Crippen molar-refractivity contribution in [2.24, 2.45) is 0 Å². The van der Waals surface area contributed by atoms with Crippen LogP contribution >= 0.6 is 0 Å². The summed E-state index contributed by atoms with van der Waals surface area (Å²) < 4.78 is 6.70. The van der Waals surface area contributed by atoms with E-state index in [1.165, 1.54) is 5.56 Å². The highest BCUT2D eigenvalue weighted by molar-refractivity contribution is 5.81. The summed E-state index contributed by atoms with van der Waals surface area (Å²) >= 11 is 0. The quantitative estimate of drug-likeness (QED) is 0.557. The molecule has 1 atom stereocenters. The van der Waals surface area contributed by atoms with Crippen LogP contribution in [-0.2, 0) is 16.0 Å². The Balaban J connectivity index is 2.45. The molecule has 0 aliphatic rings. The summed E-state index contributed by atoms with van der Waals surface area (Å²) in [7, 11) is 0. The third-order valence-electron chi connectivity index (χ3n) is 2.72. The molecule has 4 nitrogen and oxygen atoms in total. The van der Waals surface area contributed by atoms with Crippen LogP contribution in [0.4, 0.5) is 0 Å². The number of aryl methyl sites for hydroxylation is 1. The molecule has 0 radical (unpaired) electrons. The van der Waals surface area contributed by atoms with E-state index in [1.807, 2.05) is 30.0 Å². The highest BCUT2D eigenvalue weighted by Crippen LogP contribution is 2.12. The van der Waals surface area contributed by atoms with Crippen molar-refractivity contribution >= 4 is 12.2 Å². The zero-order valence-electron chi connectivity index (χ0n) is 10.5. The zero-order valence-corrected chi connectivity index (χ0v) is 10.5. The minimum Gasteiger partial charge on any atom is -0.444 e. The lowest BCUT2D eigenvalue weighted by atomic mass is 10.1. The van der Waals surface area contributed by atoms with Crippen LogP contribution in [0.3, 0.4) is 0 Å². The van der Waals surface area contributed by atoms with Crippen molar-refractivity contribution in [3.05, 3.63) is 24.0 Å². The van der Waals surface area contributed by atoms with E-state index in [9.17, 15) is 4.79 Å². The van der Waals surface area contributed by atoms with Crippen molar-refractivity contribution in [1.29, 1.82) is 5.41 Å². The lowest BCUT2D eigenvalue weighted by Gasteiger charge is -2.10. The highest BCUT2D eigenvalue weighted by atomic mass is 16.5. The van der Waals surface area contributed by atoms with Crippen LogP contribution in [0, 0.1) is 5.41 Å². The first-order valence-corrected chi connectivity index (χ1v) is 5.99. The number of nitrogens with one attached hydrogen (secondary N) is 1. The maximum Gasteiger partial charge on any atom is 0.295 e. The summed E-state index contributed by atoms with van der Waals surface area (Å²) in [5, 5.41) is 7.72. The van der Waals surface area contributed by atoms with E-state index in [0.29, 0.717) is 6.47 Å². The maximum atomic E-state index is 10.2. The standard InChI is InChI=1S/C13H20N2O2/c1-3-4-13(14)6-5-12-7-8-15(9-12)11(2)17-10-16/h7-11,14H,3-6H2,1-2H3. The van der Waals surface area contributed by atoms with E-state index < -0.39 is 0 Å². The Morgan fingerprint density at radius 3 is 3.00 bits per heavy atom. The molecule has 4 heteroatoms. The number of carbonyl (C=O) groups is 1. The van der Waals surface area contributed by atoms with Gasteiger partial charge in [-0.1, -0.05) is 13.3 Å². The summed E-state index contributed by atoms with van der Waals surface area (Å²) in [4.78, 5) is 10.2. The molecule has 0 aromatic carbocycles. The van der Waals surface area contributed by atoms with E-state index in [-0.39, 0.29) is 6.23 Å². The molecule has 1 rings (SSSR count). The molecule has 1 aromatic heterocycles. The van der Waals surface area contributed by atoms with Crippen LogP contribution in [0.25, 0.3) is 0 Å². The smallest absolute Gasteiger partial charge is 0.295 e. The van der Waals surface area contributed by atoms with Gasteiger partial charge in [0.15, 0.2) is 6.23 Å². The van der Waals surface area contributed by atoms with Gasteiger partial charge in [0.1, 0.15) is 0 Å². The minimum absolute atomic E-state index is 0.267. The summed E-state index contributed by atoms with van der Waals surface area (Å²) in [5.41, 5.74) is 1.98. The Bertz CT molecular complexity index is 371. The van der Waals surface area contributed by atoms with Gasteiger partial charge < -0.3 is 14.7 Å². The van der Waals surface area contributed by atoms with Gasteiger partial charge in [0.2, 0.25) is 0 Å². The van der Waals surface area contributed by atoms with Crippen molar-refractivity contribution < 1.29 is 9.53 Å². The highest BCUT2D eigenvalue weighted by Gasteiger charge is 2.05. The molecular formula is C13H20N2O2. The minimum atomic E-state index is -0.267. The van der Waals surface area contributed by atoms with Crippen molar-refractivity contribution in [2.75, 3.05) is 0 Å². The SMILES string of the molecule is CCCC(=N)CCc1ccn(C(C)OC=O)c1. The second kappa shape index (κ2) is 6.89.